The molecule has 1 aromatic rings. The first kappa shape index (κ1) is 14.0. The first-order valence-corrected chi connectivity index (χ1v) is 6.23. The van der Waals surface area contributed by atoms with Crippen LogP contribution in [-0.2, 0) is 9.53 Å². The monoisotopic (exact) mass is 346 g/mol. The molecule has 92 valence electrons. The molecular weight excluding hydrogens is 331 g/mol. The van der Waals surface area contributed by atoms with Gasteiger partial charge in [-0.1, -0.05) is 12.6 Å². The summed E-state index contributed by atoms with van der Waals surface area (Å²) in [6.45, 7) is 7.00. The SMILES string of the molecule is C=C(C)C(=O)OC(C)c1ccc(I)c(OC)c1. The van der Waals surface area contributed by atoms with Crippen molar-refractivity contribution in [1.82, 2.24) is 0 Å². The highest BCUT2D eigenvalue weighted by molar-refractivity contribution is 14.1. The van der Waals surface area contributed by atoms with E-state index >= 15 is 0 Å². The van der Waals surface area contributed by atoms with E-state index < -0.39 is 0 Å². The fraction of sp³-hybridized carbons (Fsp3) is 0.308. The van der Waals surface area contributed by atoms with Gasteiger partial charge in [-0.3, -0.25) is 0 Å². The molecule has 0 aliphatic rings. The minimum atomic E-state index is -0.380. The van der Waals surface area contributed by atoms with Gasteiger partial charge in [-0.05, 0) is 54.1 Å². The van der Waals surface area contributed by atoms with Crippen LogP contribution < -0.4 is 4.74 Å². The van der Waals surface area contributed by atoms with Crippen LogP contribution in [0.3, 0.4) is 0 Å². The van der Waals surface area contributed by atoms with Crippen LogP contribution >= 0.6 is 22.6 Å². The lowest BCUT2D eigenvalue weighted by atomic mass is 10.1. The number of benzene rings is 1. The number of carbonyl (C=O) groups excluding carboxylic acids is 1. The van der Waals surface area contributed by atoms with Crippen molar-refractivity contribution in [1.29, 1.82) is 0 Å². The predicted molar refractivity (Wildman–Crippen MR) is 75.0 cm³/mol. The Morgan fingerprint density at radius 2 is 2.12 bits per heavy atom. The molecule has 0 heterocycles. The molecule has 17 heavy (non-hydrogen) atoms. The second kappa shape index (κ2) is 6.05. The zero-order valence-electron chi connectivity index (χ0n) is 10.1. The maximum atomic E-state index is 11.4. The molecule has 0 bridgehead atoms. The number of ether oxygens (including phenoxy) is 2. The maximum absolute atomic E-state index is 11.4. The van der Waals surface area contributed by atoms with E-state index in [1.165, 1.54) is 0 Å². The molecule has 0 aliphatic carbocycles. The molecule has 0 radical (unpaired) electrons. The Hall–Kier alpha value is -1.04. The van der Waals surface area contributed by atoms with Crippen LogP contribution in [0.15, 0.2) is 30.4 Å². The molecule has 1 aromatic carbocycles. The Balaban J connectivity index is 2.85. The van der Waals surface area contributed by atoms with Crippen LogP contribution in [0.1, 0.15) is 25.5 Å². The third-order valence-electron chi connectivity index (χ3n) is 2.28. The van der Waals surface area contributed by atoms with Crippen molar-refractivity contribution in [2.75, 3.05) is 7.11 Å². The predicted octanol–water partition coefficient (Wildman–Crippen LogP) is 3.48. The fourth-order valence-corrected chi connectivity index (χ4v) is 1.81. The van der Waals surface area contributed by atoms with Gasteiger partial charge in [-0.15, -0.1) is 0 Å². The molecule has 0 saturated carbocycles. The van der Waals surface area contributed by atoms with Crippen LogP contribution in [0.5, 0.6) is 5.75 Å². The minimum Gasteiger partial charge on any atom is -0.496 e. The Morgan fingerprint density at radius 3 is 2.65 bits per heavy atom. The van der Waals surface area contributed by atoms with E-state index in [-0.39, 0.29) is 12.1 Å². The van der Waals surface area contributed by atoms with Crippen LogP contribution in [0, 0.1) is 3.57 Å². The van der Waals surface area contributed by atoms with Crippen LogP contribution in [-0.4, -0.2) is 13.1 Å². The molecule has 0 amide bonds. The van der Waals surface area contributed by atoms with E-state index in [4.69, 9.17) is 9.47 Å². The molecule has 3 nitrogen and oxygen atoms in total. The maximum Gasteiger partial charge on any atom is 0.333 e. The number of hydrogen-bond acceptors (Lipinski definition) is 3. The van der Waals surface area contributed by atoms with Gasteiger partial charge in [0, 0.05) is 5.57 Å². The van der Waals surface area contributed by atoms with Gasteiger partial charge >= 0.3 is 5.97 Å². The van der Waals surface area contributed by atoms with Gasteiger partial charge in [0.2, 0.25) is 0 Å². The molecule has 0 N–H and O–H groups in total. The third-order valence-corrected chi connectivity index (χ3v) is 3.17. The molecule has 0 aromatic heterocycles. The van der Waals surface area contributed by atoms with Crippen molar-refractivity contribution < 1.29 is 14.3 Å². The number of rotatable bonds is 4. The smallest absolute Gasteiger partial charge is 0.333 e. The number of carbonyl (C=O) groups is 1. The van der Waals surface area contributed by atoms with Crippen LogP contribution in [0.2, 0.25) is 0 Å². The van der Waals surface area contributed by atoms with E-state index in [0.29, 0.717) is 5.57 Å². The summed E-state index contributed by atoms with van der Waals surface area (Å²) in [4.78, 5) is 11.4. The summed E-state index contributed by atoms with van der Waals surface area (Å²) in [5, 5.41) is 0. The minimum absolute atomic E-state index is 0.315. The largest absolute Gasteiger partial charge is 0.496 e. The van der Waals surface area contributed by atoms with Gasteiger partial charge in [0.1, 0.15) is 11.9 Å². The zero-order chi connectivity index (χ0) is 13.0. The molecule has 1 unspecified atom stereocenters. The topological polar surface area (TPSA) is 35.5 Å². The number of esters is 1. The first-order chi connectivity index (χ1) is 7.95. The Bertz CT molecular complexity index is 440. The summed E-state index contributed by atoms with van der Waals surface area (Å²) in [6.07, 6.45) is -0.315. The average Bonchev–Trinajstić information content (AvgIpc) is 2.29. The lowest BCUT2D eigenvalue weighted by Crippen LogP contribution is -2.09. The van der Waals surface area contributed by atoms with Gasteiger partial charge in [0.25, 0.3) is 0 Å². The molecule has 0 spiro atoms. The van der Waals surface area contributed by atoms with Gasteiger partial charge in [-0.2, -0.15) is 0 Å². The highest BCUT2D eigenvalue weighted by atomic mass is 127. The molecule has 0 saturated heterocycles. The molecule has 0 aliphatic heterocycles. The fourth-order valence-electron chi connectivity index (χ4n) is 1.26. The lowest BCUT2D eigenvalue weighted by molar-refractivity contribution is -0.143. The Kier molecular flexibility index (Phi) is 4.99. The standard InChI is InChI=1S/C13H15IO3/c1-8(2)13(15)17-9(3)10-5-6-11(14)12(7-10)16-4/h5-7,9H,1H2,2-4H3. The van der Waals surface area contributed by atoms with Crippen molar-refractivity contribution in [3.63, 3.8) is 0 Å². The van der Waals surface area contributed by atoms with E-state index in [2.05, 4.69) is 29.2 Å². The summed E-state index contributed by atoms with van der Waals surface area (Å²) < 4.78 is 11.5. The van der Waals surface area contributed by atoms with Crippen molar-refractivity contribution >= 4 is 28.6 Å². The summed E-state index contributed by atoms with van der Waals surface area (Å²) >= 11 is 2.19. The quantitative estimate of drug-likeness (QED) is 0.476. The van der Waals surface area contributed by atoms with Crippen molar-refractivity contribution in [3.8, 4) is 5.75 Å². The molecule has 1 atom stereocenters. The molecule has 4 heteroatoms. The molecule has 0 fully saturated rings. The van der Waals surface area contributed by atoms with Crippen LogP contribution in [0.4, 0.5) is 0 Å². The average molecular weight is 346 g/mol. The van der Waals surface area contributed by atoms with E-state index in [0.717, 1.165) is 14.9 Å². The summed E-state index contributed by atoms with van der Waals surface area (Å²) in [6, 6.07) is 5.72. The van der Waals surface area contributed by atoms with Gasteiger partial charge in [0.05, 0.1) is 10.7 Å². The van der Waals surface area contributed by atoms with E-state index in [9.17, 15) is 4.79 Å². The van der Waals surface area contributed by atoms with Gasteiger partial charge in [0.15, 0.2) is 0 Å². The lowest BCUT2D eigenvalue weighted by Gasteiger charge is -2.15. The second-order valence-electron chi connectivity index (χ2n) is 3.72. The van der Waals surface area contributed by atoms with Gasteiger partial charge in [-0.25, -0.2) is 4.79 Å². The molecular formula is C13H15IO3. The van der Waals surface area contributed by atoms with Crippen molar-refractivity contribution in [2.24, 2.45) is 0 Å². The van der Waals surface area contributed by atoms with E-state index in [1.54, 1.807) is 14.0 Å². The summed E-state index contributed by atoms with van der Waals surface area (Å²) in [5.74, 6) is 0.399. The highest BCUT2D eigenvalue weighted by Gasteiger charge is 2.13. The van der Waals surface area contributed by atoms with E-state index in [1.807, 2.05) is 25.1 Å². The summed E-state index contributed by atoms with van der Waals surface area (Å²) in [5.41, 5.74) is 1.30. The van der Waals surface area contributed by atoms with Crippen LogP contribution in [0.25, 0.3) is 0 Å². The number of halogens is 1. The van der Waals surface area contributed by atoms with Crippen molar-refractivity contribution in [2.45, 2.75) is 20.0 Å². The third kappa shape index (κ3) is 3.73. The number of hydrogen-bond donors (Lipinski definition) is 0. The number of methoxy groups -OCH3 is 1. The van der Waals surface area contributed by atoms with Gasteiger partial charge < -0.3 is 9.47 Å². The van der Waals surface area contributed by atoms with Crippen molar-refractivity contribution in [3.05, 3.63) is 39.5 Å². The summed E-state index contributed by atoms with van der Waals surface area (Å²) in [7, 11) is 1.62. The highest BCUT2D eigenvalue weighted by Crippen LogP contribution is 2.26. The Labute approximate surface area is 115 Å². The Morgan fingerprint density at radius 1 is 1.47 bits per heavy atom. The molecule has 1 rings (SSSR count). The second-order valence-corrected chi connectivity index (χ2v) is 4.88. The first-order valence-electron chi connectivity index (χ1n) is 5.15. The normalized spacial score (nSPS) is 11.8. The zero-order valence-corrected chi connectivity index (χ0v) is 12.3.